The van der Waals surface area contributed by atoms with Crippen molar-refractivity contribution in [2.45, 2.75) is 76.4 Å². The summed E-state index contributed by atoms with van der Waals surface area (Å²) in [4.78, 5) is 46.4. The van der Waals surface area contributed by atoms with E-state index in [9.17, 15) is 14.4 Å². The van der Waals surface area contributed by atoms with Crippen molar-refractivity contribution in [1.82, 2.24) is 14.9 Å². The Morgan fingerprint density at radius 2 is 1.69 bits per heavy atom. The first-order valence-electron chi connectivity index (χ1n) is 17.3. The van der Waals surface area contributed by atoms with Crippen LogP contribution in [0.1, 0.15) is 81.6 Å². The Morgan fingerprint density at radius 1 is 0.898 bits per heavy atom. The van der Waals surface area contributed by atoms with Gasteiger partial charge in [-0.15, -0.1) is 0 Å². The summed E-state index contributed by atoms with van der Waals surface area (Å²) in [6.07, 6.45) is 14.4. The average Bonchev–Trinajstić information content (AvgIpc) is 3.95. The molecule has 49 heavy (non-hydrogen) atoms. The zero-order chi connectivity index (χ0) is 34.3. The number of fused-ring (bicyclic) bond motifs is 2. The summed E-state index contributed by atoms with van der Waals surface area (Å²) in [6, 6.07) is 12.8. The van der Waals surface area contributed by atoms with Crippen molar-refractivity contribution in [2.75, 3.05) is 32.6 Å². The van der Waals surface area contributed by atoms with Crippen LogP contribution in [-0.2, 0) is 9.53 Å². The monoisotopic (exact) mass is 672 g/mol. The highest BCUT2D eigenvalue weighted by Crippen LogP contribution is 2.46. The SMILES string of the molecule is COC(=O)N1C[C@H](C(C)=O)[C@H](c2ccc(OC)c(OC3CCCC3)c2)C1.O=C(Nc1ccncc1)c1cccnc1O[C@H]1CC2CCC1C2.[HH]. The first kappa shape index (κ1) is 34.2. The molecule has 2 amide bonds. The lowest BCUT2D eigenvalue weighted by molar-refractivity contribution is -0.120. The van der Waals surface area contributed by atoms with E-state index in [0.29, 0.717) is 41.9 Å². The minimum atomic E-state index is -0.394. The van der Waals surface area contributed by atoms with Crippen LogP contribution in [0.5, 0.6) is 17.4 Å². The summed E-state index contributed by atoms with van der Waals surface area (Å²) >= 11 is 0. The summed E-state index contributed by atoms with van der Waals surface area (Å²) < 4.78 is 22.6. The van der Waals surface area contributed by atoms with Crippen molar-refractivity contribution in [3.05, 3.63) is 72.2 Å². The molecular formula is C38H48N4O7. The van der Waals surface area contributed by atoms with E-state index in [1.165, 1.54) is 39.2 Å². The van der Waals surface area contributed by atoms with Crippen LogP contribution in [0, 0.1) is 17.8 Å². The van der Waals surface area contributed by atoms with Gasteiger partial charge in [-0.25, -0.2) is 9.78 Å². The maximum absolute atomic E-state index is 12.5. The van der Waals surface area contributed by atoms with Crippen LogP contribution in [0.25, 0.3) is 0 Å². The van der Waals surface area contributed by atoms with Gasteiger partial charge < -0.3 is 29.2 Å². The number of rotatable bonds is 9. The predicted octanol–water partition coefficient (Wildman–Crippen LogP) is 6.93. The number of nitrogens with zero attached hydrogens (tertiary/aromatic N) is 3. The van der Waals surface area contributed by atoms with Gasteiger partial charge in [0.2, 0.25) is 5.88 Å². The van der Waals surface area contributed by atoms with Gasteiger partial charge in [-0.05, 0) is 112 Å². The third-order valence-electron chi connectivity index (χ3n) is 10.4. The molecule has 0 radical (unpaired) electrons. The van der Waals surface area contributed by atoms with E-state index in [1.807, 2.05) is 18.2 Å². The second-order valence-electron chi connectivity index (χ2n) is 13.5. The summed E-state index contributed by atoms with van der Waals surface area (Å²) in [5.74, 6) is 2.85. The van der Waals surface area contributed by atoms with Gasteiger partial charge in [-0.2, -0.15) is 0 Å². The molecule has 3 heterocycles. The van der Waals surface area contributed by atoms with Crippen LogP contribution in [0.3, 0.4) is 0 Å². The maximum atomic E-state index is 12.5. The molecule has 3 aromatic rings. The number of carbonyl (C=O) groups excluding carboxylic acids is 3. The number of ether oxygens (including phenoxy) is 4. The molecule has 3 aliphatic carbocycles. The number of methoxy groups -OCH3 is 2. The standard InChI is InChI=1S/C20H27NO5.C18H19N3O2.H2/c1-13(22)16-11-21(20(23)25-3)12-17(16)14-8-9-18(24-2)19(10-14)26-15-6-4-5-7-15;22-17(21-14-5-8-19-9-6-14)15-2-1-7-20-18(15)23-16-11-12-3-4-13(16)10-12;/h8-10,15-17H,4-7,11-12H2,1-3H3;1-2,5-9,12-13,16H,3-4,10-11H2,(H,19,21,22);1H/t16-,17+;12?,13?,16-;/m10./s1. The van der Waals surface area contributed by atoms with E-state index in [-0.39, 0.29) is 37.2 Å². The molecule has 1 aromatic carbocycles. The number of hydrogen-bond donors (Lipinski definition) is 1. The molecule has 2 aromatic heterocycles. The molecule has 262 valence electrons. The lowest BCUT2D eigenvalue weighted by Crippen LogP contribution is -2.29. The Morgan fingerprint density at radius 3 is 2.37 bits per heavy atom. The van der Waals surface area contributed by atoms with Crippen LogP contribution in [-0.4, -0.2) is 72.2 Å². The van der Waals surface area contributed by atoms with Crippen LogP contribution in [0.15, 0.2) is 61.1 Å². The number of nitrogens with one attached hydrogen (secondary N) is 1. The van der Waals surface area contributed by atoms with Crippen molar-refractivity contribution in [2.24, 2.45) is 17.8 Å². The van der Waals surface area contributed by atoms with Crippen molar-refractivity contribution in [3.63, 3.8) is 0 Å². The van der Waals surface area contributed by atoms with E-state index < -0.39 is 6.09 Å². The first-order valence-corrected chi connectivity index (χ1v) is 17.3. The fourth-order valence-electron chi connectivity index (χ4n) is 7.80. The molecule has 0 spiro atoms. The highest BCUT2D eigenvalue weighted by atomic mass is 16.5. The van der Waals surface area contributed by atoms with E-state index in [1.54, 1.807) is 61.8 Å². The minimum Gasteiger partial charge on any atom is -0.493 e. The third-order valence-corrected chi connectivity index (χ3v) is 10.4. The van der Waals surface area contributed by atoms with E-state index in [4.69, 9.17) is 18.9 Å². The number of ketones is 1. The number of Topliss-reactive ketones (excluding diaryl/α,β-unsaturated/α-hetero) is 1. The number of anilines is 1. The Kier molecular flexibility index (Phi) is 11.0. The van der Waals surface area contributed by atoms with Gasteiger partial charge in [0.15, 0.2) is 11.5 Å². The van der Waals surface area contributed by atoms with Crippen LogP contribution in [0.2, 0.25) is 0 Å². The molecule has 1 saturated heterocycles. The molecule has 1 N–H and O–H groups in total. The number of amides is 2. The summed E-state index contributed by atoms with van der Waals surface area (Å²) in [5, 5.41) is 2.86. The average molecular weight is 673 g/mol. The largest absolute Gasteiger partial charge is 0.493 e. The molecule has 1 aliphatic heterocycles. The lowest BCUT2D eigenvalue weighted by atomic mass is 9.86. The van der Waals surface area contributed by atoms with Gasteiger partial charge in [0.25, 0.3) is 5.91 Å². The molecule has 11 heteroatoms. The van der Waals surface area contributed by atoms with Gasteiger partial charge in [-0.3, -0.25) is 14.6 Å². The highest BCUT2D eigenvalue weighted by molar-refractivity contribution is 6.05. The van der Waals surface area contributed by atoms with Gasteiger partial charge in [0, 0.05) is 50.6 Å². The smallest absolute Gasteiger partial charge is 0.409 e. The zero-order valence-electron chi connectivity index (χ0n) is 28.5. The minimum absolute atomic E-state index is 0. The number of pyridine rings is 2. The highest BCUT2D eigenvalue weighted by Gasteiger charge is 2.42. The molecule has 7 rings (SSSR count). The van der Waals surface area contributed by atoms with Crippen molar-refractivity contribution in [1.29, 1.82) is 0 Å². The lowest BCUT2D eigenvalue weighted by Gasteiger charge is -2.23. The molecule has 2 bridgehead atoms. The fraction of sp³-hybridized carbons (Fsp3) is 0.500. The second-order valence-corrected chi connectivity index (χ2v) is 13.5. The number of hydrogen-bond acceptors (Lipinski definition) is 9. The van der Waals surface area contributed by atoms with Gasteiger partial charge in [0.1, 0.15) is 17.5 Å². The molecule has 4 aliphatic rings. The maximum Gasteiger partial charge on any atom is 0.409 e. The second kappa shape index (κ2) is 15.7. The number of likely N-dealkylation sites (tertiary alicyclic amines) is 1. The molecule has 3 saturated carbocycles. The van der Waals surface area contributed by atoms with Crippen LogP contribution in [0.4, 0.5) is 10.5 Å². The quantitative estimate of drug-likeness (QED) is 0.257. The summed E-state index contributed by atoms with van der Waals surface area (Å²) in [6.45, 7) is 2.43. The van der Waals surface area contributed by atoms with Crippen molar-refractivity contribution >= 4 is 23.5 Å². The third kappa shape index (κ3) is 8.14. The predicted molar refractivity (Wildman–Crippen MR) is 185 cm³/mol. The van der Waals surface area contributed by atoms with Crippen LogP contribution < -0.4 is 19.5 Å². The molecule has 5 atom stereocenters. The van der Waals surface area contributed by atoms with Gasteiger partial charge >= 0.3 is 6.09 Å². The fourth-order valence-corrected chi connectivity index (χ4v) is 7.80. The first-order chi connectivity index (χ1) is 23.8. The summed E-state index contributed by atoms with van der Waals surface area (Å²) in [7, 11) is 2.99. The molecule has 11 nitrogen and oxygen atoms in total. The van der Waals surface area contributed by atoms with E-state index in [2.05, 4.69) is 15.3 Å². The normalized spacial score (nSPS) is 24.1. The Hall–Kier alpha value is -4.67. The van der Waals surface area contributed by atoms with Crippen LogP contribution >= 0.6 is 0 Å². The van der Waals surface area contributed by atoms with E-state index in [0.717, 1.165) is 36.5 Å². The number of aromatic nitrogens is 2. The van der Waals surface area contributed by atoms with Gasteiger partial charge in [-0.1, -0.05) is 6.07 Å². The zero-order valence-corrected chi connectivity index (χ0v) is 28.5. The molecular weight excluding hydrogens is 624 g/mol. The topological polar surface area (TPSA) is 129 Å². The van der Waals surface area contributed by atoms with Gasteiger partial charge in [0.05, 0.1) is 20.3 Å². The van der Waals surface area contributed by atoms with E-state index >= 15 is 0 Å². The number of carbonyl (C=O) groups is 3. The number of benzene rings is 1. The Balaban J connectivity index is 0.000000192. The van der Waals surface area contributed by atoms with Crippen molar-refractivity contribution < 1.29 is 34.8 Å². The Bertz CT molecular complexity index is 1620. The summed E-state index contributed by atoms with van der Waals surface area (Å²) in [5.41, 5.74) is 2.18. The van der Waals surface area contributed by atoms with Crippen molar-refractivity contribution in [3.8, 4) is 17.4 Å². The molecule has 2 unspecified atom stereocenters. The molecule has 4 fully saturated rings. The Labute approximate surface area is 289 Å².